The zero-order valence-electron chi connectivity index (χ0n) is 14.3. The fourth-order valence-electron chi connectivity index (χ4n) is 2.24. The third-order valence-electron chi connectivity index (χ3n) is 3.47. The van der Waals surface area contributed by atoms with E-state index in [-0.39, 0.29) is 13.0 Å². The summed E-state index contributed by atoms with van der Waals surface area (Å²) in [5, 5.41) is 9.22. The number of benzene rings is 2. The molecular formula is C20H16ClFN2O3. The molecule has 1 amide bonds. The maximum absolute atomic E-state index is 13.1. The van der Waals surface area contributed by atoms with E-state index in [0.717, 1.165) is 6.08 Å². The lowest BCUT2D eigenvalue weighted by molar-refractivity contribution is -0.142. The molecule has 0 N–H and O–H groups in total. The molecule has 0 aliphatic heterocycles. The third kappa shape index (κ3) is 6.57. The van der Waals surface area contributed by atoms with E-state index in [1.807, 2.05) is 6.07 Å². The van der Waals surface area contributed by atoms with E-state index in [4.69, 9.17) is 21.6 Å². The number of carbonyl (C=O) groups excluding carboxylic acids is 2. The van der Waals surface area contributed by atoms with Crippen LogP contribution in [0.4, 0.5) is 10.1 Å². The van der Waals surface area contributed by atoms with Crippen LogP contribution in [0.5, 0.6) is 0 Å². The van der Waals surface area contributed by atoms with Crippen LogP contribution in [0, 0.1) is 17.1 Å². The molecule has 0 heterocycles. The van der Waals surface area contributed by atoms with Gasteiger partial charge in [-0.25, -0.2) is 9.18 Å². The van der Waals surface area contributed by atoms with Crippen molar-refractivity contribution in [3.8, 4) is 6.07 Å². The number of halogens is 2. The highest BCUT2D eigenvalue weighted by atomic mass is 35.5. The van der Waals surface area contributed by atoms with Crippen LogP contribution in [-0.4, -0.2) is 25.0 Å². The fourth-order valence-corrected chi connectivity index (χ4v) is 2.42. The van der Waals surface area contributed by atoms with E-state index in [2.05, 4.69) is 0 Å². The summed E-state index contributed by atoms with van der Waals surface area (Å²) in [5.41, 5.74) is 1.00. The summed E-state index contributed by atoms with van der Waals surface area (Å²) >= 11 is 5.94. The van der Waals surface area contributed by atoms with Crippen molar-refractivity contribution in [1.29, 1.82) is 5.26 Å². The normalized spacial score (nSPS) is 10.4. The van der Waals surface area contributed by atoms with E-state index in [9.17, 15) is 14.0 Å². The Morgan fingerprint density at radius 2 is 2.00 bits per heavy atom. The summed E-state index contributed by atoms with van der Waals surface area (Å²) in [4.78, 5) is 25.5. The van der Waals surface area contributed by atoms with Crippen molar-refractivity contribution in [3.05, 3.63) is 71.0 Å². The van der Waals surface area contributed by atoms with Crippen molar-refractivity contribution in [2.45, 2.75) is 6.42 Å². The molecule has 2 rings (SSSR count). The number of hydrogen-bond acceptors (Lipinski definition) is 4. The molecule has 0 radical (unpaired) electrons. The Labute approximate surface area is 161 Å². The molecule has 0 aliphatic rings. The van der Waals surface area contributed by atoms with Gasteiger partial charge in [0.05, 0.1) is 12.5 Å². The van der Waals surface area contributed by atoms with Gasteiger partial charge in [-0.3, -0.25) is 4.79 Å². The predicted octanol–water partition coefficient (Wildman–Crippen LogP) is 3.98. The van der Waals surface area contributed by atoms with E-state index >= 15 is 0 Å². The van der Waals surface area contributed by atoms with E-state index in [1.54, 1.807) is 30.3 Å². The first-order valence-corrected chi connectivity index (χ1v) is 8.40. The molecule has 7 heteroatoms. The largest absolute Gasteiger partial charge is 0.452 e. The lowest BCUT2D eigenvalue weighted by Gasteiger charge is -2.21. The summed E-state index contributed by atoms with van der Waals surface area (Å²) in [5.74, 6) is -1.64. The molecule has 0 saturated carbocycles. The average molecular weight is 387 g/mol. The topological polar surface area (TPSA) is 70.4 Å². The van der Waals surface area contributed by atoms with Gasteiger partial charge in [-0.15, -0.1) is 0 Å². The lowest BCUT2D eigenvalue weighted by atomic mass is 10.2. The maximum Gasteiger partial charge on any atom is 0.331 e. The number of carbonyl (C=O) groups is 2. The van der Waals surface area contributed by atoms with Gasteiger partial charge in [-0.1, -0.05) is 29.8 Å². The quantitative estimate of drug-likeness (QED) is 0.533. The Hall–Kier alpha value is -3.17. The molecule has 0 spiro atoms. The second kappa shape index (κ2) is 10.1. The minimum atomic E-state index is -0.737. The Morgan fingerprint density at radius 3 is 2.70 bits per heavy atom. The minimum Gasteiger partial charge on any atom is -0.452 e. The van der Waals surface area contributed by atoms with Gasteiger partial charge >= 0.3 is 5.97 Å². The zero-order chi connectivity index (χ0) is 19.6. The molecule has 0 aromatic heterocycles. The van der Waals surface area contributed by atoms with Crippen molar-refractivity contribution < 1.29 is 18.7 Å². The standard InChI is InChI=1S/C20H16ClFN2O3/c21-16-5-2-7-18(13-16)24(11-3-10-23)19(25)14-27-20(26)9-8-15-4-1-6-17(22)12-15/h1-2,4-9,12-13H,3,11,14H2/b9-8+. The first kappa shape index (κ1) is 20.1. The van der Waals surface area contributed by atoms with Crippen LogP contribution in [0.15, 0.2) is 54.6 Å². The summed E-state index contributed by atoms with van der Waals surface area (Å²) in [6.07, 6.45) is 2.62. The van der Waals surface area contributed by atoms with Gasteiger partial charge in [-0.05, 0) is 42.0 Å². The number of amides is 1. The summed E-state index contributed by atoms with van der Waals surface area (Å²) < 4.78 is 18.0. The van der Waals surface area contributed by atoms with Crippen LogP contribution in [0.25, 0.3) is 6.08 Å². The van der Waals surface area contributed by atoms with Gasteiger partial charge in [0.2, 0.25) is 0 Å². The number of rotatable bonds is 7. The first-order valence-electron chi connectivity index (χ1n) is 8.03. The van der Waals surface area contributed by atoms with Gasteiger partial charge < -0.3 is 9.64 Å². The van der Waals surface area contributed by atoms with Gasteiger partial charge in [-0.2, -0.15) is 5.26 Å². The van der Waals surface area contributed by atoms with Crippen LogP contribution >= 0.6 is 11.6 Å². The molecule has 0 atom stereocenters. The Kier molecular flexibility index (Phi) is 7.53. The third-order valence-corrected chi connectivity index (χ3v) is 3.70. The maximum atomic E-state index is 13.1. The number of nitrogens with zero attached hydrogens (tertiary/aromatic N) is 2. The number of hydrogen-bond donors (Lipinski definition) is 0. The molecule has 2 aromatic rings. The molecule has 0 bridgehead atoms. The van der Waals surface area contributed by atoms with Crippen LogP contribution in [0.2, 0.25) is 5.02 Å². The zero-order valence-corrected chi connectivity index (χ0v) is 15.0. The van der Waals surface area contributed by atoms with Gasteiger partial charge in [0.15, 0.2) is 6.61 Å². The number of nitriles is 1. The molecule has 5 nitrogen and oxygen atoms in total. The van der Waals surface area contributed by atoms with Gasteiger partial charge in [0.1, 0.15) is 5.82 Å². The monoisotopic (exact) mass is 386 g/mol. The van der Waals surface area contributed by atoms with Gasteiger partial charge in [0.25, 0.3) is 5.91 Å². The van der Waals surface area contributed by atoms with E-state index < -0.39 is 24.3 Å². The van der Waals surface area contributed by atoms with Crippen molar-refractivity contribution in [2.75, 3.05) is 18.1 Å². The molecule has 0 saturated heterocycles. The summed E-state index contributed by atoms with van der Waals surface area (Å²) in [6.45, 7) is -0.351. The highest BCUT2D eigenvalue weighted by molar-refractivity contribution is 6.30. The van der Waals surface area contributed by atoms with Crippen LogP contribution < -0.4 is 4.90 Å². The minimum absolute atomic E-state index is 0.117. The van der Waals surface area contributed by atoms with Crippen LogP contribution in [0.3, 0.4) is 0 Å². The smallest absolute Gasteiger partial charge is 0.331 e. The second-order valence-corrected chi connectivity index (χ2v) is 5.87. The lowest BCUT2D eigenvalue weighted by Crippen LogP contribution is -2.35. The Morgan fingerprint density at radius 1 is 1.22 bits per heavy atom. The Bertz CT molecular complexity index is 893. The Balaban J connectivity index is 1.98. The summed E-state index contributed by atoms with van der Waals surface area (Å²) in [6, 6.07) is 14.3. The molecule has 0 aliphatic carbocycles. The van der Waals surface area contributed by atoms with E-state index in [0.29, 0.717) is 16.3 Å². The van der Waals surface area contributed by atoms with E-state index in [1.165, 1.54) is 29.2 Å². The van der Waals surface area contributed by atoms with Crippen molar-refractivity contribution in [2.24, 2.45) is 0 Å². The van der Waals surface area contributed by atoms with Crippen molar-refractivity contribution in [3.63, 3.8) is 0 Å². The molecule has 138 valence electrons. The first-order chi connectivity index (χ1) is 13.0. The molecule has 0 unspecified atom stereocenters. The van der Waals surface area contributed by atoms with Gasteiger partial charge in [0, 0.05) is 23.3 Å². The predicted molar refractivity (Wildman–Crippen MR) is 100 cm³/mol. The summed E-state index contributed by atoms with van der Waals surface area (Å²) in [7, 11) is 0. The van der Waals surface area contributed by atoms with Crippen LogP contribution in [-0.2, 0) is 14.3 Å². The SMILES string of the molecule is N#CCCN(C(=O)COC(=O)/C=C/c1cccc(F)c1)c1cccc(Cl)c1. The fraction of sp³-hybridized carbons (Fsp3) is 0.150. The van der Waals surface area contributed by atoms with Crippen molar-refractivity contribution >= 4 is 35.2 Å². The number of esters is 1. The molecule has 0 fully saturated rings. The molecular weight excluding hydrogens is 371 g/mol. The number of anilines is 1. The molecule has 2 aromatic carbocycles. The van der Waals surface area contributed by atoms with Crippen LogP contribution in [0.1, 0.15) is 12.0 Å². The molecule has 27 heavy (non-hydrogen) atoms. The highest BCUT2D eigenvalue weighted by Gasteiger charge is 2.17. The number of ether oxygens (including phenoxy) is 1. The van der Waals surface area contributed by atoms with Crippen molar-refractivity contribution in [1.82, 2.24) is 0 Å². The average Bonchev–Trinajstić information content (AvgIpc) is 2.65. The highest BCUT2D eigenvalue weighted by Crippen LogP contribution is 2.20. The second-order valence-electron chi connectivity index (χ2n) is 5.43.